The summed E-state index contributed by atoms with van der Waals surface area (Å²) in [6.45, 7) is 4.58. The Morgan fingerprint density at radius 2 is 1.65 bits per heavy atom. The Morgan fingerprint density at radius 3 is 2.31 bits per heavy atom. The van der Waals surface area contributed by atoms with Crippen molar-refractivity contribution in [3.8, 4) is 11.1 Å². The largest absolute Gasteiger partial charge is 0.334 e. The normalized spacial score (nSPS) is 13.0. The smallest absolute Gasteiger partial charge is 0.315 e. The van der Waals surface area contributed by atoms with Gasteiger partial charge in [0.05, 0.1) is 12.6 Å². The molecule has 0 fully saturated rings. The highest BCUT2D eigenvalue weighted by atomic mass is 16.2. The molecule has 0 unspecified atom stereocenters. The minimum atomic E-state index is -0.177. The Balaban J connectivity index is 1.54. The number of urea groups is 1. The molecule has 2 aromatic carbocycles. The number of benzene rings is 2. The topological polar surface area (TPSA) is 59.0 Å². The maximum Gasteiger partial charge on any atom is 0.315 e. The van der Waals surface area contributed by atoms with Crippen molar-refractivity contribution >= 4 is 6.03 Å². The molecule has 0 aliphatic rings. The van der Waals surface area contributed by atoms with Crippen molar-refractivity contribution in [2.75, 3.05) is 0 Å². The molecule has 0 saturated heterocycles. The van der Waals surface area contributed by atoms with Crippen LogP contribution in [0.5, 0.6) is 0 Å². The quantitative estimate of drug-likeness (QED) is 0.707. The first-order valence-corrected chi connectivity index (χ1v) is 8.81. The molecule has 2 N–H and O–H groups in total. The zero-order valence-electron chi connectivity index (χ0n) is 15.1. The lowest BCUT2D eigenvalue weighted by atomic mass is 10.0. The molecule has 0 radical (unpaired) electrons. The third-order valence-electron chi connectivity index (χ3n) is 4.26. The number of carbonyl (C=O) groups is 1. The second-order valence-corrected chi connectivity index (χ2v) is 6.46. The van der Waals surface area contributed by atoms with Crippen LogP contribution in [0.1, 0.15) is 25.5 Å². The Bertz CT molecular complexity index is 813. The highest BCUT2D eigenvalue weighted by molar-refractivity contribution is 5.74. The van der Waals surface area contributed by atoms with Gasteiger partial charge >= 0.3 is 6.03 Å². The van der Waals surface area contributed by atoms with E-state index < -0.39 is 0 Å². The van der Waals surface area contributed by atoms with Gasteiger partial charge in [-0.3, -0.25) is 4.68 Å². The van der Waals surface area contributed by atoms with Gasteiger partial charge in [0.15, 0.2) is 0 Å². The number of nitrogens with one attached hydrogen (secondary N) is 2. The van der Waals surface area contributed by atoms with Gasteiger partial charge in [0, 0.05) is 18.4 Å². The van der Waals surface area contributed by atoms with Crippen LogP contribution in [-0.2, 0) is 6.54 Å². The average molecular weight is 348 g/mol. The molecule has 26 heavy (non-hydrogen) atoms. The van der Waals surface area contributed by atoms with Crippen molar-refractivity contribution in [3.05, 3.63) is 78.6 Å². The summed E-state index contributed by atoms with van der Waals surface area (Å²) in [5, 5.41) is 10.1. The van der Waals surface area contributed by atoms with Gasteiger partial charge in [-0.15, -0.1) is 0 Å². The number of amides is 2. The van der Waals surface area contributed by atoms with Gasteiger partial charge in [-0.25, -0.2) is 4.79 Å². The molecule has 0 aliphatic heterocycles. The molecule has 134 valence electrons. The lowest BCUT2D eigenvalue weighted by molar-refractivity contribution is 0.233. The van der Waals surface area contributed by atoms with E-state index >= 15 is 0 Å². The summed E-state index contributed by atoms with van der Waals surface area (Å²) < 4.78 is 1.80. The Hall–Kier alpha value is -3.08. The van der Waals surface area contributed by atoms with Gasteiger partial charge in [0.25, 0.3) is 0 Å². The van der Waals surface area contributed by atoms with Crippen molar-refractivity contribution < 1.29 is 4.79 Å². The fraction of sp³-hybridized carbons (Fsp3) is 0.238. The highest BCUT2D eigenvalue weighted by Crippen LogP contribution is 2.21. The number of carbonyl (C=O) groups excluding carboxylic acids is 1. The molecule has 0 aliphatic carbocycles. The molecular formula is C21H24N4O. The van der Waals surface area contributed by atoms with Crippen LogP contribution in [0, 0.1) is 0 Å². The van der Waals surface area contributed by atoms with Gasteiger partial charge in [-0.2, -0.15) is 5.10 Å². The van der Waals surface area contributed by atoms with E-state index in [0.717, 1.165) is 5.56 Å². The minimum Gasteiger partial charge on any atom is -0.334 e. The number of aromatic nitrogens is 2. The molecule has 2 atom stereocenters. The van der Waals surface area contributed by atoms with Crippen LogP contribution in [0.15, 0.2) is 73.1 Å². The van der Waals surface area contributed by atoms with Crippen molar-refractivity contribution in [2.45, 2.75) is 32.5 Å². The van der Waals surface area contributed by atoms with Crippen molar-refractivity contribution in [1.29, 1.82) is 0 Å². The lowest BCUT2D eigenvalue weighted by Crippen LogP contribution is -2.43. The first kappa shape index (κ1) is 17.7. The van der Waals surface area contributed by atoms with E-state index in [4.69, 9.17) is 0 Å². The molecule has 2 amide bonds. The molecule has 1 aromatic heterocycles. The molecule has 5 nitrogen and oxygen atoms in total. The van der Waals surface area contributed by atoms with E-state index in [0.29, 0.717) is 6.54 Å². The first-order chi connectivity index (χ1) is 12.6. The molecule has 0 saturated carbocycles. The van der Waals surface area contributed by atoms with Crippen LogP contribution in [0.2, 0.25) is 0 Å². The van der Waals surface area contributed by atoms with Gasteiger partial charge in [0.1, 0.15) is 0 Å². The van der Waals surface area contributed by atoms with Crippen LogP contribution in [0.4, 0.5) is 4.79 Å². The van der Waals surface area contributed by atoms with E-state index in [1.54, 1.807) is 10.9 Å². The van der Waals surface area contributed by atoms with Gasteiger partial charge in [-0.1, -0.05) is 54.6 Å². The molecule has 0 spiro atoms. The molecular weight excluding hydrogens is 324 g/mol. The fourth-order valence-corrected chi connectivity index (χ4v) is 2.87. The molecule has 0 bridgehead atoms. The van der Waals surface area contributed by atoms with E-state index in [-0.39, 0.29) is 18.1 Å². The van der Waals surface area contributed by atoms with E-state index in [1.165, 1.54) is 11.1 Å². The van der Waals surface area contributed by atoms with Crippen molar-refractivity contribution in [3.63, 3.8) is 0 Å². The first-order valence-electron chi connectivity index (χ1n) is 8.81. The maximum absolute atomic E-state index is 12.2. The van der Waals surface area contributed by atoms with Crippen molar-refractivity contribution in [1.82, 2.24) is 20.4 Å². The Morgan fingerprint density at radius 1 is 0.962 bits per heavy atom. The SMILES string of the molecule is C[C@@H](Cn1cccn1)NC(=O)N[C@H](C)c1ccc(-c2ccccc2)cc1. The third-order valence-corrected chi connectivity index (χ3v) is 4.26. The molecule has 3 aromatic rings. The van der Waals surface area contributed by atoms with E-state index in [1.807, 2.05) is 44.3 Å². The average Bonchev–Trinajstić information content (AvgIpc) is 3.15. The van der Waals surface area contributed by atoms with Crippen LogP contribution in [0.3, 0.4) is 0 Å². The Labute approximate surface area is 154 Å². The number of nitrogens with zero attached hydrogens (tertiary/aromatic N) is 2. The third kappa shape index (κ3) is 4.72. The van der Waals surface area contributed by atoms with Crippen molar-refractivity contribution in [2.24, 2.45) is 0 Å². The van der Waals surface area contributed by atoms with Crippen LogP contribution in [-0.4, -0.2) is 21.9 Å². The van der Waals surface area contributed by atoms with Gasteiger partial charge < -0.3 is 10.6 Å². The number of hydrogen-bond donors (Lipinski definition) is 2. The van der Waals surface area contributed by atoms with Crippen LogP contribution in [0.25, 0.3) is 11.1 Å². The fourth-order valence-electron chi connectivity index (χ4n) is 2.87. The monoisotopic (exact) mass is 348 g/mol. The lowest BCUT2D eigenvalue weighted by Gasteiger charge is -2.19. The number of rotatable bonds is 6. The second kappa shape index (κ2) is 8.34. The van der Waals surface area contributed by atoms with Crippen LogP contribution >= 0.6 is 0 Å². The zero-order valence-corrected chi connectivity index (χ0v) is 15.1. The van der Waals surface area contributed by atoms with Gasteiger partial charge in [0.2, 0.25) is 0 Å². The molecule has 1 heterocycles. The summed E-state index contributed by atoms with van der Waals surface area (Å²) in [5.74, 6) is 0. The predicted molar refractivity (Wildman–Crippen MR) is 104 cm³/mol. The maximum atomic E-state index is 12.2. The number of hydrogen-bond acceptors (Lipinski definition) is 2. The summed E-state index contributed by atoms with van der Waals surface area (Å²) in [6, 6.07) is 20.1. The Kier molecular flexibility index (Phi) is 5.69. The summed E-state index contributed by atoms with van der Waals surface area (Å²) in [6.07, 6.45) is 3.61. The summed E-state index contributed by atoms with van der Waals surface area (Å²) in [5.41, 5.74) is 3.42. The predicted octanol–water partition coefficient (Wildman–Crippen LogP) is 4.00. The van der Waals surface area contributed by atoms with Gasteiger partial charge in [-0.05, 0) is 36.6 Å². The summed E-state index contributed by atoms with van der Waals surface area (Å²) >= 11 is 0. The van der Waals surface area contributed by atoms with E-state index in [9.17, 15) is 4.79 Å². The summed E-state index contributed by atoms with van der Waals surface area (Å²) in [4.78, 5) is 12.2. The molecule has 3 rings (SSSR count). The highest BCUT2D eigenvalue weighted by Gasteiger charge is 2.12. The minimum absolute atomic E-state index is 0.0115. The molecule has 5 heteroatoms. The summed E-state index contributed by atoms with van der Waals surface area (Å²) in [7, 11) is 0. The second-order valence-electron chi connectivity index (χ2n) is 6.46. The van der Waals surface area contributed by atoms with Crippen LogP contribution < -0.4 is 10.6 Å². The standard InChI is InChI=1S/C21H24N4O/c1-16(15-25-14-6-13-22-25)23-21(26)24-17(2)18-9-11-20(12-10-18)19-7-4-3-5-8-19/h3-14,16-17H,15H2,1-2H3,(H2,23,24,26)/t16-,17+/m0/s1. The van der Waals surface area contributed by atoms with E-state index in [2.05, 4.69) is 52.1 Å². The zero-order chi connectivity index (χ0) is 18.4.